The smallest absolute Gasteiger partial charge is 0.272 e. The van der Waals surface area contributed by atoms with Crippen LogP contribution in [0.15, 0.2) is 53.6 Å². The predicted octanol–water partition coefficient (Wildman–Crippen LogP) is 4.29. The molecule has 25 heavy (non-hydrogen) atoms. The molecule has 1 amide bonds. The predicted molar refractivity (Wildman–Crippen MR) is 95.5 cm³/mol. The van der Waals surface area contributed by atoms with Gasteiger partial charge in [-0.3, -0.25) is 9.89 Å². The van der Waals surface area contributed by atoms with E-state index in [0.717, 1.165) is 0 Å². The van der Waals surface area contributed by atoms with Crippen LogP contribution < -0.4 is 5.43 Å². The van der Waals surface area contributed by atoms with Crippen molar-refractivity contribution in [1.29, 1.82) is 0 Å². The van der Waals surface area contributed by atoms with Crippen molar-refractivity contribution < 1.29 is 9.18 Å². The second-order valence-corrected chi connectivity index (χ2v) is 5.89. The molecule has 0 saturated carbocycles. The van der Waals surface area contributed by atoms with E-state index in [1.165, 1.54) is 18.3 Å². The van der Waals surface area contributed by atoms with E-state index in [0.29, 0.717) is 26.9 Å². The van der Waals surface area contributed by atoms with Crippen molar-refractivity contribution in [3.8, 4) is 11.3 Å². The monoisotopic (exact) mass is 376 g/mol. The summed E-state index contributed by atoms with van der Waals surface area (Å²) < 4.78 is 12.8. The summed E-state index contributed by atoms with van der Waals surface area (Å²) in [5, 5.41) is 11.5. The molecule has 126 valence electrons. The summed E-state index contributed by atoms with van der Waals surface area (Å²) in [5.41, 5.74) is 4.39. The van der Waals surface area contributed by atoms with Crippen LogP contribution in [0.5, 0.6) is 0 Å². The minimum atomic E-state index is -0.470. The minimum Gasteiger partial charge on any atom is -0.272 e. The first-order valence-corrected chi connectivity index (χ1v) is 7.88. The zero-order valence-electron chi connectivity index (χ0n) is 12.6. The molecular weight excluding hydrogens is 366 g/mol. The fourth-order valence-electron chi connectivity index (χ4n) is 2.05. The van der Waals surface area contributed by atoms with E-state index in [1.807, 2.05) is 0 Å². The summed E-state index contributed by atoms with van der Waals surface area (Å²) >= 11 is 12.0. The summed E-state index contributed by atoms with van der Waals surface area (Å²) in [4.78, 5) is 12.1. The molecule has 2 aromatic carbocycles. The number of halogens is 3. The molecule has 5 nitrogen and oxygen atoms in total. The number of hydrogen-bond donors (Lipinski definition) is 2. The lowest BCUT2D eigenvalue weighted by molar-refractivity contribution is 0.0950. The number of amides is 1. The number of hydrogen-bond acceptors (Lipinski definition) is 3. The molecule has 0 aliphatic rings. The van der Waals surface area contributed by atoms with Crippen LogP contribution in [0.2, 0.25) is 10.0 Å². The number of rotatable bonds is 4. The maximum atomic E-state index is 12.8. The lowest BCUT2D eigenvalue weighted by atomic mass is 10.1. The van der Waals surface area contributed by atoms with Crippen LogP contribution >= 0.6 is 23.2 Å². The molecule has 0 fully saturated rings. The Hall–Kier alpha value is -2.70. The molecular formula is C17H11Cl2FN4O. The third-order valence-electron chi connectivity index (χ3n) is 3.28. The highest BCUT2D eigenvalue weighted by Gasteiger charge is 2.12. The van der Waals surface area contributed by atoms with Gasteiger partial charge in [-0.1, -0.05) is 35.3 Å². The number of carbonyl (C=O) groups is 1. The highest BCUT2D eigenvalue weighted by atomic mass is 35.5. The van der Waals surface area contributed by atoms with Crippen LogP contribution in [0.25, 0.3) is 11.3 Å². The van der Waals surface area contributed by atoms with E-state index in [4.69, 9.17) is 23.2 Å². The Labute approximate surface area is 152 Å². The summed E-state index contributed by atoms with van der Waals surface area (Å²) in [6, 6.07) is 12.3. The van der Waals surface area contributed by atoms with E-state index < -0.39 is 5.91 Å². The first kappa shape index (κ1) is 17.1. The van der Waals surface area contributed by atoms with Gasteiger partial charge in [0.2, 0.25) is 0 Å². The van der Waals surface area contributed by atoms with E-state index in [1.54, 1.807) is 36.4 Å². The first-order valence-electron chi connectivity index (χ1n) is 7.13. The number of nitrogens with one attached hydrogen (secondary N) is 2. The Morgan fingerprint density at radius 2 is 1.92 bits per heavy atom. The molecule has 0 unspecified atom stereocenters. The maximum absolute atomic E-state index is 12.8. The molecule has 0 spiro atoms. The van der Waals surface area contributed by atoms with Gasteiger partial charge in [0.1, 0.15) is 11.5 Å². The Bertz CT molecular complexity index is 938. The number of aromatic nitrogens is 2. The second-order valence-electron chi connectivity index (χ2n) is 5.04. The Morgan fingerprint density at radius 1 is 1.16 bits per heavy atom. The van der Waals surface area contributed by atoms with Gasteiger partial charge < -0.3 is 0 Å². The van der Waals surface area contributed by atoms with Crippen molar-refractivity contribution in [2.24, 2.45) is 5.10 Å². The number of aromatic amines is 1. The zero-order valence-corrected chi connectivity index (χ0v) is 14.1. The van der Waals surface area contributed by atoms with Crippen LogP contribution in [-0.4, -0.2) is 22.3 Å². The normalized spacial score (nSPS) is 11.0. The van der Waals surface area contributed by atoms with E-state index in [2.05, 4.69) is 20.7 Å². The fraction of sp³-hybridized carbons (Fsp3) is 0. The number of nitrogens with zero attached hydrogens (tertiary/aromatic N) is 2. The SMILES string of the molecule is O=C(N/N=C/c1ccc(F)cc1)c1cc(-c2ccc(Cl)cc2Cl)n[nH]1. The maximum Gasteiger partial charge on any atom is 0.289 e. The first-order chi connectivity index (χ1) is 12.0. The third kappa shape index (κ3) is 4.23. The van der Waals surface area contributed by atoms with Crippen LogP contribution in [-0.2, 0) is 0 Å². The number of hydrazone groups is 1. The molecule has 8 heteroatoms. The fourth-order valence-corrected chi connectivity index (χ4v) is 2.55. The topological polar surface area (TPSA) is 70.1 Å². The van der Waals surface area contributed by atoms with Crippen molar-refractivity contribution in [3.63, 3.8) is 0 Å². The zero-order chi connectivity index (χ0) is 17.8. The van der Waals surface area contributed by atoms with E-state index in [9.17, 15) is 9.18 Å². The highest BCUT2D eigenvalue weighted by Crippen LogP contribution is 2.29. The van der Waals surface area contributed by atoms with Crippen molar-refractivity contribution in [2.45, 2.75) is 0 Å². The van der Waals surface area contributed by atoms with Gasteiger partial charge >= 0.3 is 0 Å². The Balaban J connectivity index is 1.69. The standard InChI is InChI=1S/C17H11Cl2FN4O/c18-11-3-6-13(14(19)7-11)15-8-16(23-22-15)17(25)24-21-9-10-1-4-12(20)5-2-10/h1-9H,(H,22,23)(H,24,25)/b21-9+. The summed E-state index contributed by atoms with van der Waals surface area (Å²) in [7, 11) is 0. The quantitative estimate of drug-likeness (QED) is 0.526. The largest absolute Gasteiger partial charge is 0.289 e. The molecule has 0 bridgehead atoms. The van der Waals surface area contributed by atoms with Gasteiger partial charge in [-0.2, -0.15) is 10.2 Å². The van der Waals surface area contributed by atoms with Gasteiger partial charge in [0.05, 0.1) is 16.9 Å². The summed E-state index contributed by atoms with van der Waals surface area (Å²) in [5.74, 6) is -0.811. The van der Waals surface area contributed by atoms with Crippen LogP contribution in [0, 0.1) is 5.82 Å². The van der Waals surface area contributed by atoms with Crippen LogP contribution in [0.1, 0.15) is 16.1 Å². The molecule has 0 aliphatic heterocycles. The average Bonchev–Trinajstić information content (AvgIpc) is 3.06. The van der Waals surface area contributed by atoms with Crippen LogP contribution in [0.3, 0.4) is 0 Å². The van der Waals surface area contributed by atoms with Crippen molar-refractivity contribution >= 4 is 35.3 Å². The van der Waals surface area contributed by atoms with Gasteiger partial charge in [-0.15, -0.1) is 0 Å². The summed E-state index contributed by atoms with van der Waals surface area (Å²) in [6.07, 6.45) is 1.41. The molecule has 1 heterocycles. The van der Waals surface area contributed by atoms with Crippen LogP contribution in [0.4, 0.5) is 4.39 Å². The molecule has 1 aromatic heterocycles. The average molecular weight is 377 g/mol. The third-order valence-corrected chi connectivity index (χ3v) is 3.83. The van der Waals surface area contributed by atoms with E-state index >= 15 is 0 Å². The van der Waals surface area contributed by atoms with Gasteiger partial charge in [-0.05, 0) is 42.0 Å². The van der Waals surface area contributed by atoms with Crippen molar-refractivity contribution in [3.05, 3.63) is 75.7 Å². The van der Waals surface area contributed by atoms with Gasteiger partial charge in [0, 0.05) is 10.6 Å². The number of carbonyl (C=O) groups excluding carboxylic acids is 1. The lowest BCUT2D eigenvalue weighted by Gasteiger charge is -2.00. The molecule has 0 atom stereocenters. The molecule has 3 rings (SSSR count). The molecule has 0 aliphatic carbocycles. The lowest BCUT2D eigenvalue weighted by Crippen LogP contribution is -2.17. The Kier molecular flexibility index (Phi) is 5.11. The van der Waals surface area contributed by atoms with Gasteiger partial charge in [0.15, 0.2) is 0 Å². The summed E-state index contributed by atoms with van der Waals surface area (Å²) in [6.45, 7) is 0. The number of benzene rings is 2. The second kappa shape index (κ2) is 7.46. The molecule has 0 radical (unpaired) electrons. The highest BCUT2D eigenvalue weighted by molar-refractivity contribution is 6.36. The number of H-pyrrole nitrogens is 1. The molecule has 3 aromatic rings. The van der Waals surface area contributed by atoms with Gasteiger partial charge in [-0.25, -0.2) is 9.82 Å². The molecule has 2 N–H and O–H groups in total. The Morgan fingerprint density at radius 3 is 2.64 bits per heavy atom. The van der Waals surface area contributed by atoms with E-state index in [-0.39, 0.29) is 11.5 Å². The van der Waals surface area contributed by atoms with Crippen molar-refractivity contribution in [2.75, 3.05) is 0 Å². The van der Waals surface area contributed by atoms with Crippen molar-refractivity contribution in [1.82, 2.24) is 15.6 Å². The minimum absolute atomic E-state index is 0.220. The molecule has 0 saturated heterocycles. The van der Waals surface area contributed by atoms with Gasteiger partial charge in [0.25, 0.3) is 5.91 Å².